The first-order valence-electron chi connectivity index (χ1n) is 4.54. The Kier molecular flexibility index (Phi) is 5.99. The molecule has 0 aliphatic carbocycles. The SMILES string of the molecule is N#[N+]c1ccc(S(=O)(=O)CCOSOOO)cc1. The third-order valence-corrected chi connectivity index (χ3v) is 3.93. The molecule has 0 saturated heterocycles. The van der Waals surface area contributed by atoms with E-state index in [-0.39, 0.29) is 22.9 Å². The summed E-state index contributed by atoms with van der Waals surface area (Å²) in [5.41, 5.74) is 0.259. The number of rotatable bonds is 7. The number of benzene rings is 1. The summed E-state index contributed by atoms with van der Waals surface area (Å²) in [5, 5.41) is 19.5. The van der Waals surface area contributed by atoms with Crippen molar-refractivity contribution in [2.24, 2.45) is 0 Å². The molecule has 0 radical (unpaired) electrons. The largest absolute Gasteiger partial charge is 0.385 e. The highest BCUT2D eigenvalue weighted by atomic mass is 32.2. The van der Waals surface area contributed by atoms with E-state index in [0.29, 0.717) is 12.3 Å². The van der Waals surface area contributed by atoms with Crippen molar-refractivity contribution in [2.45, 2.75) is 4.90 Å². The zero-order valence-corrected chi connectivity index (χ0v) is 10.6. The highest BCUT2D eigenvalue weighted by Gasteiger charge is 2.16. The van der Waals surface area contributed by atoms with Crippen LogP contribution in [-0.2, 0) is 23.4 Å². The van der Waals surface area contributed by atoms with E-state index in [9.17, 15) is 8.42 Å². The van der Waals surface area contributed by atoms with E-state index >= 15 is 0 Å². The van der Waals surface area contributed by atoms with Gasteiger partial charge in [-0.3, -0.25) is 4.18 Å². The molecule has 0 atom stereocenters. The Labute approximate surface area is 107 Å². The van der Waals surface area contributed by atoms with Gasteiger partial charge in [0, 0.05) is 12.1 Å². The molecule has 0 aliphatic heterocycles. The van der Waals surface area contributed by atoms with Gasteiger partial charge in [0.1, 0.15) is 0 Å². The Balaban J connectivity index is 2.55. The molecular weight excluding hydrogens is 284 g/mol. The fourth-order valence-corrected chi connectivity index (χ4v) is 2.46. The minimum Gasteiger partial charge on any atom is -0.288 e. The minimum atomic E-state index is -3.49. The van der Waals surface area contributed by atoms with Crippen LogP contribution in [0.3, 0.4) is 0 Å². The van der Waals surface area contributed by atoms with E-state index in [1.807, 2.05) is 0 Å². The molecule has 0 heterocycles. The van der Waals surface area contributed by atoms with Gasteiger partial charge in [0.2, 0.25) is 5.39 Å². The number of hydrogen-bond acceptors (Lipinski definition) is 8. The number of diazo groups is 1. The molecule has 0 aromatic heterocycles. The maximum absolute atomic E-state index is 11.8. The van der Waals surface area contributed by atoms with Crippen LogP contribution in [-0.4, -0.2) is 26.0 Å². The van der Waals surface area contributed by atoms with Crippen LogP contribution in [0.1, 0.15) is 0 Å². The van der Waals surface area contributed by atoms with Crippen LogP contribution in [0.4, 0.5) is 5.69 Å². The molecule has 1 rings (SSSR count). The first kappa shape index (κ1) is 14.8. The zero-order chi connectivity index (χ0) is 13.4. The molecule has 1 N–H and O–H groups in total. The average molecular weight is 293 g/mol. The number of nitrogens with zero attached hydrogens (tertiary/aromatic N) is 2. The molecule has 0 aliphatic rings. The Bertz CT molecular complexity index is 509. The van der Waals surface area contributed by atoms with Crippen molar-refractivity contribution in [3.63, 3.8) is 0 Å². The molecule has 1 aromatic rings. The second kappa shape index (κ2) is 7.27. The molecule has 18 heavy (non-hydrogen) atoms. The lowest BCUT2D eigenvalue weighted by Gasteiger charge is -2.02. The minimum absolute atomic E-state index is 0.0860. The van der Waals surface area contributed by atoms with Gasteiger partial charge in [-0.15, -0.1) is 4.33 Å². The van der Waals surface area contributed by atoms with Crippen molar-refractivity contribution in [2.75, 3.05) is 12.4 Å². The summed E-state index contributed by atoms with van der Waals surface area (Å²) in [4.78, 5) is 3.00. The lowest BCUT2D eigenvalue weighted by molar-refractivity contribution is -0.434. The van der Waals surface area contributed by atoms with Gasteiger partial charge in [0.25, 0.3) is 0 Å². The molecule has 10 heteroatoms. The van der Waals surface area contributed by atoms with E-state index < -0.39 is 9.84 Å². The molecule has 0 saturated carbocycles. The van der Waals surface area contributed by atoms with Crippen molar-refractivity contribution < 1.29 is 27.2 Å². The highest BCUT2D eigenvalue weighted by Crippen LogP contribution is 2.17. The monoisotopic (exact) mass is 293 g/mol. The first-order valence-corrected chi connectivity index (χ1v) is 6.86. The molecule has 98 valence electrons. The van der Waals surface area contributed by atoms with E-state index in [2.05, 4.69) is 18.5 Å². The van der Waals surface area contributed by atoms with E-state index in [1.165, 1.54) is 24.3 Å². The Morgan fingerprint density at radius 1 is 1.33 bits per heavy atom. The van der Waals surface area contributed by atoms with Crippen molar-refractivity contribution in [1.29, 1.82) is 5.39 Å². The van der Waals surface area contributed by atoms with Gasteiger partial charge < -0.3 is 0 Å². The summed E-state index contributed by atoms with van der Waals surface area (Å²) in [6.45, 7) is -0.150. The predicted octanol–water partition coefficient (Wildman–Crippen LogP) is 1.95. The fraction of sp³-hybridized carbons (Fsp3) is 0.250. The van der Waals surface area contributed by atoms with Crippen LogP contribution in [0.2, 0.25) is 0 Å². The number of sulfone groups is 1. The van der Waals surface area contributed by atoms with Gasteiger partial charge in [0.05, 0.1) is 17.3 Å². The van der Waals surface area contributed by atoms with Gasteiger partial charge in [0.15, 0.2) is 27.1 Å². The highest BCUT2D eigenvalue weighted by molar-refractivity contribution is 7.91. The summed E-state index contributed by atoms with van der Waals surface area (Å²) in [6.07, 6.45) is 0. The fourth-order valence-electron chi connectivity index (χ4n) is 1.05. The van der Waals surface area contributed by atoms with Crippen LogP contribution < -0.4 is 0 Å². The van der Waals surface area contributed by atoms with Crippen LogP contribution in [0.5, 0.6) is 0 Å². The van der Waals surface area contributed by atoms with Crippen LogP contribution in [0, 0.1) is 5.39 Å². The Morgan fingerprint density at radius 2 is 2.00 bits per heavy atom. The molecule has 0 amide bonds. The van der Waals surface area contributed by atoms with Crippen molar-refractivity contribution >= 4 is 27.8 Å². The second-order valence-electron chi connectivity index (χ2n) is 2.95. The predicted molar refractivity (Wildman–Crippen MR) is 61.6 cm³/mol. The van der Waals surface area contributed by atoms with Gasteiger partial charge in [-0.1, -0.05) is 5.04 Å². The van der Waals surface area contributed by atoms with E-state index in [4.69, 9.17) is 10.7 Å². The van der Waals surface area contributed by atoms with Crippen LogP contribution in [0.25, 0.3) is 4.98 Å². The standard InChI is InChI=1S/C8H8N2O6S2/c9-10-7-1-3-8(4-2-7)18(12,13)6-5-14-17-16-15-11/h1-4H,5-6H2/p+1. The van der Waals surface area contributed by atoms with Gasteiger partial charge in [-0.2, -0.15) is 0 Å². The first-order chi connectivity index (χ1) is 8.60. The summed E-state index contributed by atoms with van der Waals surface area (Å²) in [7, 11) is -3.49. The van der Waals surface area contributed by atoms with Crippen LogP contribution in [0.15, 0.2) is 29.2 Å². The molecule has 1 aromatic carbocycles. The lowest BCUT2D eigenvalue weighted by atomic mass is 10.3. The summed E-state index contributed by atoms with van der Waals surface area (Å²) < 4.78 is 32.1. The van der Waals surface area contributed by atoms with Crippen molar-refractivity contribution in [1.82, 2.24) is 0 Å². The number of hydrogen-bond donors (Lipinski definition) is 1. The van der Waals surface area contributed by atoms with Crippen molar-refractivity contribution in [3.05, 3.63) is 29.2 Å². The maximum Gasteiger partial charge on any atom is 0.385 e. The molecule has 0 spiro atoms. The van der Waals surface area contributed by atoms with E-state index in [1.54, 1.807) is 0 Å². The molecule has 0 fully saturated rings. The lowest BCUT2D eigenvalue weighted by Crippen LogP contribution is -2.10. The van der Waals surface area contributed by atoms with Gasteiger partial charge >= 0.3 is 5.69 Å². The molecule has 0 bridgehead atoms. The average Bonchev–Trinajstić information content (AvgIpc) is 2.38. The Hall–Kier alpha value is -1.22. The summed E-state index contributed by atoms with van der Waals surface area (Å²) in [6, 6.07) is 5.38. The Morgan fingerprint density at radius 3 is 2.56 bits per heavy atom. The third kappa shape index (κ3) is 4.57. The quantitative estimate of drug-likeness (QED) is 0.267. The second-order valence-corrected chi connectivity index (χ2v) is 5.56. The van der Waals surface area contributed by atoms with Crippen molar-refractivity contribution in [3.8, 4) is 0 Å². The third-order valence-electron chi connectivity index (χ3n) is 1.85. The maximum atomic E-state index is 11.8. The summed E-state index contributed by atoms with van der Waals surface area (Å²) in [5.74, 6) is -0.273. The van der Waals surface area contributed by atoms with Crippen LogP contribution >= 0.6 is 12.3 Å². The summed E-state index contributed by atoms with van der Waals surface area (Å²) >= 11 is 0.310. The molecule has 0 unspecified atom stereocenters. The van der Waals surface area contributed by atoms with Gasteiger partial charge in [-0.05, 0) is 12.1 Å². The van der Waals surface area contributed by atoms with Gasteiger partial charge in [-0.25, -0.2) is 13.7 Å². The zero-order valence-electron chi connectivity index (χ0n) is 8.92. The molecular formula is C8H9N2O6S2+. The smallest absolute Gasteiger partial charge is 0.288 e. The van der Waals surface area contributed by atoms with E-state index in [0.717, 1.165) is 0 Å². The molecule has 8 nitrogen and oxygen atoms in total. The normalized spacial score (nSPS) is 11.1. The topological polar surface area (TPSA) is 110 Å².